The van der Waals surface area contributed by atoms with Crippen molar-refractivity contribution in [1.29, 1.82) is 0 Å². The van der Waals surface area contributed by atoms with Crippen molar-refractivity contribution in [3.05, 3.63) is 53.2 Å². The molecule has 2 fully saturated rings. The van der Waals surface area contributed by atoms with Gasteiger partial charge in [0.1, 0.15) is 0 Å². The highest BCUT2D eigenvalue weighted by Crippen LogP contribution is 2.43. The number of aromatic nitrogens is 2. The van der Waals surface area contributed by atoms with Gasteiger partial charge in [-0.1, -0.05) is 30.9 Å². The van der Waals surface area contributed by atoms with Gasteiger partial charge < -0.3 is 0 Å². The Labute approximate surface area is 170 Å². The summed E-state index contributed by atoms with van der Waals surface area (Å²) < 4.78 is 13.9. The van der Waals surface area contributed by atoms with Crippen LogP contribution in [0.2, 0.25) is 0 Å². The van der Waals surface area contributed by atoms with E-state index in [4.69, 9.17) is 0 Å². The third kappa shape index (κ3) is 4.90. The number of benzene rings is 1. The van der Waals surface area contributed by atoms with Crippen molar-refractivity contribution in [1.82, 2.24) is 9.97 Å². The number of hydrogen-bond donors (Lipinski definition) is 0. The maximum absolute atomic E-state index is 13.9. The van der Waals surface area contributed by atoms with Gasteiger partial charge in [0, 0.05) is 5.56 Å². The first-order valence-electron chi connectivity index (χ1n) is 9.93. The minimum absolute atomic E-state index is 0.00128. The number of thiocarbonyl (C=S) groups is 1. The molecule has 1 aromatic heterocycles. The Morgan fingerprint density at radius 3 is 2.29 bits per heavy atom. The summed E-state index contributed by atoms with van der Waals surface area (Å²) in [7, 11) is 0. The highest BCUT2D eigenvalue weighted by atomic mass is 32.1. The molecule has 2 aliphatic rings. The van der Waals surface area contributed by atoms with Gasteiger partial charge >= 0.3 is 0 Å². The maximum atomic E-state index is 13.9. The van der Waals surface area contributed by atoms with E-state index in [1.165, 1.54) is 56.7 Å². The van der Waals surface area contributed by atoms with Crippen LogP contribution in [0, 0.1) is 29.6 Å². The molecule has 0 bridgehead atoms. The van der Waals surface area contributed by atoms with E-state index in [1.807, 2.05) is 12.1 Å². The van der Waals surface area contributed by atoms with Gasteiger partial charge in [-0.05, 0) is 85.7 Å². The van der Waals surface area contributed by atoms with Crippen LogP contribution in [-0.4, -0.2) is 15.1 Å². The number of aliphatic imine (C=N–C) groups is 1. The van der Waals surface area contributed by atoms with Crippen LogP contribution in [-0.2, 0) is 0 Å². The molecule has 0 unspecified atom stereocenters. The summed E-state index contributed by atoms with van der Waals surface area (Å²) in [5.74, 6) is 7.69. The smallest absolute Gasteiger partial charge is 0.239 e. The van der Waals surface area contributed by atoms with Crippen molar-refractivity contribution >= 4 is 23.2 Å². The first kappa shape index (κ1) is 18.9. The Kier molecular flexibility index (Phi) is 5.90. The molecular weight excluding hydrogens is 369 g/mol. The average Bonchev–Trinajstić information content (AvgIpc) is 3.53. The average molecular weight is 392 g/mol. The predicted octanol–water partition coefficient (Wildman–Crippen LogP) is 5.82. The van der Waals surface area contributed by atoms with Crippen LogP contribution < -0.4 is 0 Å². The molecule has 5 heteroatoms. The Hall–Kier alpha value is -2.41. The Morgan fingerprint density at radius 2 is 1.68 bits per heavy atom. The molecule has 0 aliphatic heterocycles. The van der Waals surface area contributed by atoms with E-state index in [2.05, 4.69) is 56.3 Å². The van der Waals surface area contributed by atoms with Gasteiger partial charge in [0.2, 0.25) is 5.95 Å². The van der Waals surface area contributed by atoms with Crippen LogP contribution in [0.1, 0.15) is 67.7 Å². The Bertz CT molecular complexity index is 942. The molecule has 142 valence electrons. The molecule has 3 nitrogen and oxygen atoms in total. The van der Waals surface area contributed by atoms with Crippen LogP contribution in [0.15, 0.2) is 35.5 Å². The van der Waals surface area contributed by atoms with Gasteiger partial charge in [0.15, 0.2) is 11.5 Å². The SMILES string of the molecule is Fc1nc(N=C=S)cnc1C#Cc1ccc(C2CCC(CC3CC3)CC2)cc1. The van der Waals surface area contributed by atoms with Gasteiger partial charge in [-0.25, -0.2) is 4.98 Å². The summed E-state index contributed by atoms with van der Waals surface area (Å²) in [5.41, 5.74) is 2.23. The molecule has 0 radical (unpaired) electrons. The van der Waals surface area contributed by atoms with Gasteiger partial charge in [0.25, 0.3) is 0 Å². The number of nitrogens with zero attached hydrogens (tertiary/aromatic N) is 3. The molecular formula is C23H22FN3S. The molecule has 0 N–H and O–H groups in total. The van der Waals surface area contributed by atoms with E-state index in [1.54, 1.807) is 0 Å². The fourth-order valence-electron chi connectivity index (χ4n) is 4.07. The lowest BCUT2D eigenvalue weighted by Crippen LogP contribution is -2.13. The van der Waals surface area contributed by atoms with Crippen molar-refractivity contribution in [2.45, 2.75) is 50.9 Å². The van der Waals surface area contributed by atoms with E-state index >= 15 is 0 Å². The van der Waals surface area contributed by atoms with Crippen molar-refractivity contribution in [3.63, 3.8) is 0 Å². The van der Waals surface area contributed by atoms with E-state index in [0.717, 1.165) is 17.4 Å². The molecule has 1 heterocycles. The summed E-state index contributed by atoms with van der Waals surface area (Å²) in [6, 6.07) is 8.34. The summed E-state index contributed by atoms with van der Waals surface area (Å²) in [6.45, 7) is 0. The summed E-state index contributed by atoms with van der Waals surface area (Å²) in [5, 5.41) is 2.14. The fraction of sp³-hybridized carbons (Fsp3) is 0.435. The second-order valence-electron chi connectivity index (χ2n) is 7.84. The highest BCUT2D eigenvalue weighted by Gasteiger charge is 2.28. The predicted molar refractivity (Wildman–Crippen MR) is 111 cm³/mol. The molecule has 2 aliphatic carbocycles. The normalized spacial score (nSPS) is 21.3. The molecule has 0 spiro atoms. The molecule has 0 saturated heterocycles. The van der Waals surface area contributed by atoms with E-state index in [9.17, 15) is 4.39 Å². The monoisotopic (exact) mass is 391 g/mol. The lowest BCUT2D eigenvalue weighted by atomic mass is 9.77. The van der Waals surface area contributed by atoms with Crippen molar-refractivity contribution < 1.29 is 4.39 Å². The second kappa shape index (κ2) is 8.73. The third-order valence-electron chi connectivity index (χ3n) is 5.80. The van der Waals surface area contributed by atoms with Gasteiger partial charge in [-0.15, -0.1) is 0 Å². The molecule has 1 aromatic carbocycles. The standard InChI is InChI=1S/C23H22FN3S/c24-23-21(25-14-22(27-23)26-15-28)12-7-16-3-8-19(9-4-16)20-10-5-18(6-11-20)13-17-1-2-17/h3-4,8-9,14,17-18,20H,1-2,5-6,10-11,13H2. The quantitative estimate of drug-likeness (QED) is 0.374. The molecule has 0 amide bonds. The van der Waals surface area contributed by atoms with Crippen LogP contribution in [0.25, 0.3) is 0 Å². The van der Waals surface area contributed by atoms with Gasteiger partial charge in [-0.3, -0.25) is 0 Å². The zero-order chi connectivity index (χ0) is 19.3. The van der Waals surface area contributed by atoms with Crippen LogP contribution in [0.3, 0.4) is 0 Å². The van der Waals surface area contributed by atoms with Crippen LogP contribution in [0.5, 0.6) is 0 Å². The first-order valence-corrected chi connectivity index (χ1v) is 10.3. The van der Waals surface area contributed by atoms with E-state index in [0.29, 0.717) is 5.92 Å². The highest BCUT2D eigenvalue weighted by molar-refractivity contribution is 7.78. The molecule has 2 saturated carbocycles. The summed E-state index contributed by atoms with van der Waals surface area (Å²) in [4.78, 5) is 11.2. The minimum Gasteiger partial charge on any atom is -0.239 e. The van der Waals surface area contributed by atoms with E-state index in [-0.39, 0.29) is 11.5 Å². The lowest BCUT2D eigenvalue weighted by molar-refractivity contribution is 0.299. The number of rotatable bonds is 4. The molecule has 2 aromatic rings. The topological polar surface area (TPSA) is 38.1 Å². The summed E-state index contributed by atoms with van der Waals surface area (Å²) in [6.07, 6.45) is 11.0. The van der Waals surface area contributed by atoms with Crippen molar-refractivity contribution in [2.75, 3.05) is 0 Å². The Morgan fingerprint density at radius 1 is 1.00 bits per heavy atom. The van der Waals surface area contributed by atoms with Crippen LogP contribution in [0.4, 0.5) is 10.2 Å². The molecule has 28 heavy (non-hydrogen) atoms. The number of halogens is 1. The molecule has 0 atom stereocenters. The number of hydrogen-bond acceptors (Lipinski definition) is 4. The van der Waals surface area contributed by atoms with Crippen molar-refractivity contribution in [2.24, 2.45) is 16.8 Å². The largest absolute Gasteiger partial charge is 0.249 e. The van der Waals surface area contributed by atoms with Gasteiger partial charge in [-0.2, -0.15) is 14.4 Å². The minimum atomic E-state index is -0.751. The Balaban J connectivity index is 1.37. The van der Waals surface area contributed by atoms with Gasteiger partial charge in [0.05, 0.1) is 11.4 Å². The second-order valence-corrected chi connectivity index (χ2v) is 8.02. The zero-order valence-corrected chi connectivity index (χ0v) is 16.5. The van der Waals surface area contributed by atoms with E-state index < -0.39 is 5.95 Å². The maximum Gasteiger partial charge on any atom is 0.249 e. The first-order chi connectivity index (χ1) is 13.7. The number of isothiocyanates is 1. The molecule has 4 rings (SSSR count). The fourth-order valence-corrected chi connectivity index (χ4v) is 4.16. The van der Waals surface area contributed by atoms with Crippen LogP contribution >= 0.6 is 12.2 Å². The van der Waals surface area contributed by atoms with Crippen molar-refractivity contribution in [3.8, 4) is 11.8 Å². The lowest BCUT2D eigenvalue weighted by Gasteiger charge is -2.28. The third-order valence-corrected chi connectivity index (χ3v) is 5.89. The summed E-state index contributed by atoms with van der Waals surface area (Å²) >= 11 is 4.47. The zero-order valence-electron chi connectivity index (χ0n) is 15.7.